The predicted octanol–water partition coefficient (Wildman–Crippen LogP) is -5.99. The van der Waals surface area contributed by atoms with E-state index in [0.29, 0.717) is 0 Å². The first-order valence-corrected chi connectivity index (χ1v) is 12.9. The summed E-state index contributed by atoms with van der Waals surface area (Å²) >= 11 is 0. The molecule has 0 amide bonds. The molecule has 3 aliphatic rings. The summed E-state index contributed by atoms with van der Waals surface area (Å²) in [6, 6.07) is -1.65. The highest BCUT2D eigenvalue weighted by molar-refractivity contribution is 4.96. The van der Waals surface area contributed by atoms with Crippen molar-refractivity contribution >= 4 is 0 Å². The molecular weight excluding hydrogens is 512 g/mol. The molecule has 38 heavy (non-hydrogen) atoms. The Balaban J connectivity index is 1.50. The minimum Gasteiger partial charge on any atom is -0.394 e. The zero-order valence-electron chi connectivity index (χ0n) is 21.4. The van der Waals surface area contributed by atoms with Gasteiger partial charge >= 0.3 is 0 Å². The van der Waals surface area contributed by atoms with Crippen LogP contribution in [0.1, 0.15) is 6.92 Å². The number of ether oxygens (including phenoxy) is 5. The van der Waals surface area contributed by atoms with Gasteiger partial charge in [-0.2, -0.15) is 0 Å². The third-order valence-corrected chi connectivity index (χ3v) is 7.87. The van der Waals surface area contributed by atoms with E-state index >= 15 is 0 Å². The van der Waals surface area contributed by atoms with E-state index < -0.39 is 104 Å². The molecule has 3 aliphatic heterocycles. The van der Waals surface area contributed by atoms with Gasteiger partial charge in [-0.05, 0) is 6.92 Å². The Kier molecular flexibility index (Phi) is 12.0. The summed E-state index contributed by atoms with van der Waals surface area (Å²) in [5.74, 6) is -1.45. The molecule has 3 heterocycles. The average molecular weight is 557 g/mol. The molecule has 15 unspecified atom stereocenters. The monoisotopic (exact) mass is 556 g/mol. The van der Waals surface area contributed by atoms with Crippen LogP contribution in [0.2, 0.25) is 0 Å². The van der Waals surface area contributed by atoms with E-state index in [-0.39, 0.29) is 33.0 Å². The van der Waals surface area contributed by atoms with E-state index in [1.165, 1.54) is 0 Å². The maximum atomic E-state index is 10.7. The van der Waals surface area contributed by atoms with Crippen molar-refractivity contribution in [1.29, 1.82) is 0 Å². The van der Waals surface area contributed by atoms with Crippen LogP contribution in [0.5, 0.6) is 0 Å². The second-order valence-corrected chi connectivity index (χ2v) is 10.4. The van der Waals surface area contributed by atoms with Gasteiger partial charge in [0.25, 0.3) is 0 Å². The van der Waals surface area contributed by atoms with Gasteiger partial charge in [0.2, 0.25) is 0 Å². The molecule has 15 nitrogen and oxygen atoms in total. The quantitative estimate of drug-likeness (QED) is 0.114. The van der Waals surface area contributed by atoms with Gasteiger partial charge in [0.15, 0.2) is 0 Å². The molecular formula is C23H44N2O13. The molecule has 3 rings (SSSR count). The van der Waals surface area contributed by atoms with Crippen LogP contribution in [-0.2, 0) is 23.7 Å². The lowest BCUT2D eigenvalue weighted by atomic mass is 9.86. The molecule has 0 aromatic heterocycles. The molecule has 15 heteroatoms. The molecule has 0 radical (unpaired) electrons. The molecule has 0 aromatic rings. The van der Waals surface area contributed by atoms with E-state index in [4.69, 9.17) is 35.2 Å². The molecule has 3 fully saturated rings. The summed E-state index contributed by atoms with van der Waals surface area (Å²) < 4.78 is 28.2. The van der Waals surface area contributed by atoms with Crippen LogP contribution in [0, 0.1) is 11.8 Å². The van der Waals surface area contributed by atoms with Crippen LogP contribution >= 0.6 is 0 Å². The summed E-state index contributed by atoms with van der Waals surface area (Å²) in [5, 5.41) is 80.6. The van der Waals surface area contributed by atoms with E-state index in [1.807, 2.05) is 0 Å². The zero-order chi connectivity index (χ0) is 28.1. The number of aliphatic hydroxyl groups excluding tert-OH is 8. The molecule has 0 aliphatic carbocycles. The maximum absolute atomic E-state index is 10.7. The standard InChI is InChI=1S/C23H44N2O13/c1-9-17(24)19(29)10(12(2-26)36-9)5-35-8-16-22(32)20(30)11(13(3-27)37-16)6-34-7-15-18(25)23(33)21(31)14(4-28)38-15/h9-23,26-33H,2-8,24-25H2,1H3. The van der Waals surface area contributed by atoms with Crippen LogP contribution in [0.3, 0.4) is 0 Å². The van der Waals surface area contributed by atoms with Gasteiger partial charge in [-0.3, -0.25) is 0 Å². The van der Waals surface area contributed by atoms with E-state index in [1.54, 1.807) is 6.92 Å². The molecule has 0 bridgehead atoms. The van der Waals surface area contributed by atoms with Crippen molar-refractivity contribution in [3.05, 3.63) is 0 Å². The highest BCUT2D eigenvalue weighted by Crippen LogP contribution is 2.29. The lowest BCUT2D eigenvalue weighted by Crippen LogP contribution is -2.63. The van der Waals surface area contributed by atoms with Gasteiger partial charge in [0.05, 0.1) is 95.0 Å². The van der Waals surface area contributed by atoms with Gasteiger partial charge < -0.3 is 76.0 Å². The van der Waals surface area contributed by atoms with Crippen molar-refractivity contribution in [3.8, 4) is 0 Å². The highest BCUT2D eigenvalue weighted by atomic mass is 16.6. The first kappa shape index (κ1) is 31.9. The van der Waals surface area contributed by atoms with Gasteiger partial charge in [-0.1, -0.05) is 0 Å². The Labute approximate surface area is 220 Å². The smallest absolute Gasteiger partial charge is 0.110 e. The Bertz CT molecular complexity index is 704. The number of hydrogen-bond acceptors (Lipinski definition) is 15. The van der Waals surface area contributed by atoms with Gasteiger partial charge in [0, 0.05) is 11.8 Å². The second kappa shape index (κ2) is 14.3. The first-order chi connectivity index (χ1) is 18.0. The van der Waals surface area contributed by atoms with Crippen molar-refractivity contribution in [2.24, 2.45) is 23.3 Å². The van der Waals surface area contributed by atoms with Crippen LogP contribution in [0.4, 0.5) is 0 Å². The van der Waals surface area contributed by atoms with Crippen molar-refractivity contribution in [3.63, 3.8) is 0 Å². The van der Waals surface area contributed by atoms with E-state index in [0.717, 1.165) is 0 Å². The van der Waals surface area contributed by atoms with Crippen molar-refractivity contribution in [1.82, 2.24) is 0 Å². The minimum atomic E-state index is -1.39. The molecule has 12 N–H and O–H groups in total. The Morgan fingerprint density at radius 3 is 1.58 bits per heavy atom. The summed E-state index contributed by atoms with van der Waals surface area (Å²) in [5.41, 5.74) is 11.9. The molecule has 0 saturated carbocycles. The van der Waals surface area contributed by atoms with Crippen molar-refractivity contribution in [2.45, 2.75) is 86.2 Å². The zero-order valence-corrected chi connectivity index (χ0v) is 21.4. The predicted molar refractivity (Wildman–Crippen MR) is 128 cm³/mol. The van der Waals surface area contributed by atoms with Crippen LogP contribution in [-0.4, -0.2) is 166 Å². The third-order valence-electron chi connectivity index (χ3n) is 7.87. The summed E-state index contributed by atoms with van der Waals surface area (Å²) in [7, 11) is 0. The van der Waals surface area contributed by atoms with Crippen LogP contribution in [0.15, 0.2) is 0 Å². The van der Waals surface area contributed by atoms with Crippen molar-refractivity contribution < 1.29 is 64.5 Å². The fraction of sp³-hybridized carbons (Fsp3) is 1.00. The Hall–Kier alpha value is -0.600. The number of nitrogens with two attached hydrogens (primary N) is 2. The summed E-state index contributed by atoms with van der Waals surface area (Å²) in [6.45, 7) is -0.195. The fourth-order valence-electron chi connectivity index (χ4n) is 5.26. The molecule has 15 atom stereocenters. The topological polar surface area (TPSA) is 260 Å². The second-order valence-electron chi connectivity index (χ2n) is 10.4. The van der Waals surface area contributed by atoms with Gasteiger partial charge in [-0.25, -0.2) is 0 Å². The normalized spacial score (nSPS) is 48.2. The number of hydrogen-bond donors (Lipinski definition) is 10. The highest BCUT2D eigenvalue weighted by Gasteiger charge is 2.46. The lowest BCUT2D eigenvalue weighted by Gasteiger charge is -2.44. The summed E-state index contributed by atoms with van der Waals surface area (Å²) in [4.78, 5) is 0. The fourth-order valence-corrected chi connectivity index (χ4v) is 5.26. The molecule has 0 spiro atoms. The first-order valence-electron chi connectivity index (χ1n) is 12.9. The van der Waals surface area contributed by atoms with E-state index in [9.17, 15) is 40.9 Å². The largest absolute Gasteiger partial charge is 0.394 e. The number of aliphatic hydroxyl groups is 8. The number of rotatable bonds is 11. The van der Waals surface area contributed by atoms with Crippen LogP contribution in [0.25, 0.3) is 0 Å². The molecule has 0 aromatic carbocycles. The Morgan fingerprint density at radius 1 is 0.526 bits per heavy atom. The average Bonchev–Trinajstić information content (AvgIpc) is 2.91. The van der Waals surface area contributed by atoms with Gasteiger partial charge in [0.1, 0.15) is 30.5 Å². The Morgan fingerprint density at radius 2 is 1.00 bits per heavy atom. The SMILES string of the molecule is CC1OC(CO)C(COCC2OC(CO)C(COCC3OC(CO)C(O)C(O)C3N)C(O)C2O)C(O)C1N. The maximum Gasteiger partial charge on any atom is 0.110 e. The summed E-state index contributed by atoms with van der Waals surface area (Å²) in [6.07, 6.45) is -11.4. The molecule has 3 saturated heterocycles. The van der Waals surface area contributed by atoms with E-state index in [2.05, 4.69) is 0 Å². The minimum absolute atomic E-state index is 0.0527. The molecule has 224 valence electrons. The van der Waals surface area contributed by atoms with Crippen molar-refractivity contribution in [2.75, 3.05) is 46.2 Å². The van der Waals surface area contributed by atoms with Crippen LogP contribution < -0.4 is 11.5 Å². The van der Waals surface area contributed by atoms with Gasteiger partial charge in [-0.15, -0.1) is 0 Å². The lowest BCUT2D eigenvalue weighted by molar-refractivity contribution is -0.238. The third kappa shape index (κ3) is 6.99.